The lowest BCUT2D eigenvalue weighted by molar-refractivity contribution is -0.0103. The molecule has 1 N–H and O–H groups in total. The largest absolute Gasteiger partial charge is 0.378 e. The van der Waals surface area contributed by atoms with Gasteiger partial charge in [-0.15, -0.1) is 0 Å². The van der Waals surface area contributed by atoms with Crippen molar-refractivity contribution in [1.82, 2.24) is 15.2 Å². The topological polar surface area (TPSA) is 37.4 Å². The van der Waals surface area contributed by atoms with Crippen molar-refractivity contribution >= 4 is 0 Å². The quantitative estimate of drug-likeness (QED) is 0.803. The molecule has 1 aliphatic heterocycles. The molecule has 88 valence electrons. The van der Waals surface area contributed by atoms with Crippen molar-refractivity contribution in [2.75, 3.05) is 33.4 Å². The molecule has 0 bridgehead atoms. The Morgan fingerprint density at radius 3 is 3.06 bits per heavy atom. The van der Waals surface area contributed by atoms with Crippen LogP contribution in [0.2, 0.25) is 0 Å². The van der Waals surface area contributed by atoms with Gasteiger partial charge in [0.05, 0.1) is 13.2 Å². The molecule has 0 radical (unpaired) electrons. The molecule has 0 aromatic carbocycles. The number of nitrogens with zero attached hydrogens (tertiary/aromatic N) is 2. The average Bonchev–Trinajstić information content (AvgIpc) is 2.33. The highest BCUT2D eigenvalue weighted by atomic mass is 16.5. The minimum atomic E-state index is 0.479. The monoisotopic (exact) mass is 221 g/mol. The fraction of sp³-hybridized carbons (Fsp3) is 0.583. The number of morpholine rings is 1. The van der Waals surface area contributed by atoms with E-state index in [0.717, 1.165) is 32.8 Å². The molecule has 2 rings (SSSR count). The van der Waals surface area contributed by atoms with Gasteiger partial charge in [0.2, 0.25) is 0 Å². The minimum absolute atomic E-state index is 0.479. The second kappa shape index (κ2) is 5.94. The van der Waals surface area contributed by atoms with E-state index < -0.39 is 0 Å². The minimum Gasteiger partial charge on any atom is -0.378 e. The Labute approximate surface area is 96.6 Å². The SMILES string of the molecule is CNCC1COCCN1Cc1ccncc1. The van der Waals surface area contributed by atoms with E-state index in [2.05, 4.69) is 27.3 Å². The van der Waals surface area contributed by atoms with Gasteiger partial charge in [0.1, 0.15) is 0 Å². The van der Waals surface area contributed by atoms with Crippen molar-refractivity contribution in [2.24, 2.45) is 0 Å². The average molecular weight is 221 g/mol. The Bertz CT molecular complexity index is 302. The van der Waals surface area contributed by atoms with Gasteiger partial charge in [-0.05, 0) is 24.7 Å². The van der Waals surface area contributed by atoms with Crippen molar-refractivity contribution in [2.45, 2.75) is 12.6 Å². The van der Waals surface area contributed by atoms with Crippen LogP contribution >= 0.6 is 0 Å². The third kappa shape index (κ3) is 3.01. The predicted molar refractivity (Wildman–Crippen MR) is 63.2 cm³/mol. The third-order valence-corrected chi connectivity index (χ3v) is 2.92. The summed E-state index contributed by atoms with van der Waals surface area (Å²) in [7, 11) is 1.99. The number of rotatable bonds is 4. The molecule has 0 spiro atoms. The van der Waals surface area contributed by atoms with Crippen LogP contribution in [0.4, 0.5) is 0 Å². The first kappa shape index (κ1) is 11.5. The maximum Gasteiger partial charge on any atom is 0.0635 e. The van der Waals surface area contributed by atoms with E-state index >= 15 is 0 Å². The molecule has 2 heterocycles. The van der Waals surface area contributed by atoms with Crippen molar-refractivity contribution in [1.29, 1.82) is 0 Å². The van der Waals surface area contributed by atoms with Crippen LogP contribution < -0.4 is 5.32 Å². The highest BCUT2D eigenvalue weighted by Crippen LogP contribution is 2.11. The molecule has 16 heavy (non-hydrogen) atoms. The Kier molecular flexibility index (Phi) is 4.27. The zero-order chi connectivity index (χ0) is 11.2. The number of likely N-dealkylation sites (N-methyl/N-ethyl adjacent to an activating group) is 1. The van der Waals surface area contributed by atoms with Gasteiger partial charge in [0.25, 0.3) is 0 Å². The summed E-state index contributed by atoms with van der Waals surface area (Å²) in [5, 5.41) is 3.22. The molecular formula is C12H19N3O. The number of pyridine rings is 1. The van der Waals surface area contributed by atoms with Crippen LogP contribution in [0.15, 0.2) is 24.5 Å². The van der Waals surface area contributed by atoms with Gasteiger partial charge in [0.15, 0.2) is 0 Å². The Hall–Kier alpha value is -0.970. The fourth-order valence-electron chi connectivity index (χ4n) is 2.04. The van der Waals surface area contributed by atoms with Crippen LogP contribution in [0.25, 0.3) is 0 Å². The normalized spacial score (nSPS) is 22.2. The van der Waals surface area contributed by atoms with Gasteiger partial charge in [0, 0.05) is 38.1 Å². The van der Waals surface area contributed by atoms with E-state index in [9.17, 15) is 0 Å². The van der Waals surface area contributed by atoms with Gasteiger partial charge >= 0.3 is 0 Å². The first-order valence-corrected chi connectivity index (χ1v) is 5.75. The van der Waals surface area contributed by atoms with Crippen LogP contribution in [0.5, 0.6) is 0 Å². The molecule has 1 aromatic heterocycles. The molecule has 0 saturated carbocycles. The lowest BCUT2D eigenvalue weighted by Crippen LogP contribution is -2.49. The Balaban J connectivity index is 1.96. The summed E-state index contributed by atoms with van der Waals surface area (Å²) >= 11 is 0. The van der Waals surface area contributed by atoms with Gasteiger partial charge in [-0.25, -0.2) is 0 Å². The second-order valence-electron chi connectivity index (χ2n) is 4.11. The van der Waals surface area contributed by atoms with Crippen molar-refractivity contribution in [3.05, 3.63) is 30.1 Å². The summed E-state index contributed by atoms with van der Waals surface area (Å²) < 4.78 is 5.51. The van der Waals surface area contributed by atoms with E-state index in [1.807, 2.05) is 19.4 Å². The van der Waals surface area contributed by atoms with E-state index in [0.29, 0.717) is 6.04 Å². The number of hydrogen-bond donors (Lipinski definition) is 1. The molecule has 1 fully saturated rings. The lowest BCUT2D eigenvalue weighted by Gasteiger charge is -2.35. The molecular weight excluding hydrogens is 202 g/mol. The van der Waals surface area contributed by atoms with Gasteiger partial charge in [-0.2, -0.15) is 0 Å². The molecule has 1 atom stereocenters. The fourth-order valence-corrected chi connectivity index (χ4v) is 2.04. The van der Waals surface area contributed by atoms with Crippen molar-refractivity contribution in [3.63, 3.8) is 0 Å². The summed E-state index contributed by atoms with van der Waals surface area (Å²) in [6, 6.07) is 4.63. The first-order chi connectivity index (χ1) is 7.90. The van der Waals surface area contributed by atoms with Crippen LogP contribution in [-0.4, -0.2) is 49.3 Å². The molecule has 0 amide bonds. The van der Waals surface area contributed by atoms with Gasteiger partial charge in [-0.3, -0.25) is 9.88 Å². The predicted octanol–water partition coefficient (Wildman–Crippen LogP) is 0.502. The molecule has 1 aromatic rings. The molecule has 4 heteroatoms. The van der Waals surface area contributed by atoms with E-state index in [1.54, 1.807) is 0 Å². The van der Waals surface area contributed by atoms with Crippen molar-refractivity contribution < 1.29 is 4.74 Å². The summed E-state index contributed by atoms with van der Waals surface area (Å²) in [5.74, 6) is 0. The van der Waals surface area contributed by atoms with Gasteiger partial charge < -0.3 is 10.1 Å². The highest BCUT2D eigenvalue weighted by Gasteiger charge is 2.21. The number of aromatic nitrogens is 1. The van der Waals surface area contributed by atoms with Crippen LogP contribution in [0, 0.1) is 0 Å². The summed E-state index contributed by atoms with van der Waals surface area (Å²) in [5.41, 5.74) is 1.32. The number of ether oxygens (including phenoxy) is 1. The first-order valence-electron chi connectivity index (χ1n) is 5.75. The number of nitrogens with one attached hydrogen (secondary N) is 1. The van der Waals surface area contributed by atoms with E-state index in [4.69, 9.17) is 4.74 Å². The van der Waals surface area contributed by atoms with Gasteiger partial charge in [-0.1, -0.05) is 0 Å². The van der Waals surface area contributed by atoms with Crippen LogP contribution in [0.3, 0.4) is 0 Å². The summed E-state index contributed by atoms with van der Waals surface area (Å²) in [6.07, 6.45) is 3.70. The zero-order valence-corrected chi connectivity index (χ0v) is 9.72. The molecule has 1 aliphatic rings. The van der Waals surface area contributed by atoms with E-state index in [1.165, 1.54) is 5.56 Å². The summed E-state index contributed by atoms with van der Waals surface area (Å²) in [4.78, 5) is 6.51. The maximum atomic E-state index is 5.51. The zero-order valence-electron chi connectivity index (χ0n) is 9.72. The molecule has 1 unspecified atom stereocenters. The van der Waals surface area contributed by atoms with Crippen molar-refractivity contribution in [3.8, 4) is 0 Å². The second-order valence-corrected chi connectivity index (χ2v) is 4.11. The molecule has 4 nitrogen and oxygen atoms in total. The maximum absolute atomic E-state index is 5.51. The Morgan fingerprint density at radius 1 is 1.50 bits per heavy atom. The number of hydrogen-bond acceptors (Lipinski definition) is 4. The van der Waals surface area contributed by atoms with Crippen LogP contribution in [-0.2, 0) is 11.3 Å². The standard InChI is InChI=1S/C12H19N3O/c1-13-8-12-10-16-7-6-15(12)9-11-2-4-14-5-3-11/h2-5,12-13H,6-10H2,1H3. The Morgan fingerprint density at radius 2 is 2.31 bits per heavy atom. The van der Waals surface area contributed by atoms with Crippen LogP contribution in [0.1, 0.15) is 5.56 Å². The molecule has 1 saturated heterocycles. The third-order valence-electron chi connectivity index (χ3n) is 2.92. The lowest BCUT2D eigenvalue weighted by atomic mass is 10.2. The smallest absolute Gasteiger partial charge is 0.0635 e. The van der Waals surface area contributed by atoms with E-state index in [-0.39, 0.29) is 0 Å². The summed E-state index contributed by atoms with van der Waals surface area (Å²) in [6.45, 7) is 4.63. The highest BCUT2D eigenvalue weighted by molar-refractivity contribution is 5.09. The molecule has 0 aliphatic carbocycles.